The van der Waals surface area contributed by atoms with Crippen LogP contribution in [0.3, 0.4) is 0 Å². The van der Waals surface area contributed by atoms with E-state index in [1.54, 1.807) is 0 Å². The van der Waals surface area contributed by atoms with Crippen LogP contribution in [0.2, 0.25) is 0 Å². The molecule has 1 heterocycles. The van der Waals surface area contributed by atoms with E-state index < -0.39 is 0 Å². The summed E-state index contributed by atoms with van der Waals surface area (Å²) in [5.74, 6) is 0. The fourth-order valence-corrected chi connectivity index (χ4v) is 0.909. The van der Waals surface area contributed by atoms with Gasteiger partial charge in [0.1, 0.15) is 0 Å². The maximum atomic E-state index is 10.7. The molecular formula is C7H11N3O. The first-order chi connectivity index (χ1) is 5.27. The van der Waals surface area contributed by atoms with Gasteiger partial charge in [-0.05, 0) is 13.3 Å². The first kappa shape index (κ1) is 7.78. The Kier molecular flexibility index (Phi) is 2.25. The Labute approximate surface area is 65.4 Å². The van der Waals surface area contributed by atoms with E-state index in [-0.39, 0.29) is 6.03 Å². The van der Waals surface area contributed by atoms with E-state index in [2.05, 4.69) is 15.8 Å². The number of rotatable bonds is 1. The van der Waals surface area contributed by atoms with Crippen LogP contribution in [0.15, 0.2) is 16.9 Å². The minimum atomic E-state index is -0.268. The highest BCUT2D eigenvalue weighted by Crippen LogP contribution is 2.01. The molecule has 4 heteroatoms. The number of amides is 2. The van der Waals surface area contributed by atoms with Crippen LogP contribution in [0.4, 0.5) is 4.79 Å². The van der Waals surface area contributed by atoms with Gasteiger partial charge in [-0.25, -0.2) is 10.2 Å². The maximum Gasteiger partial charge on any atom is 0.339 e. The fourth-order valence-electron chi connectivity index (χ4n) is 0.909. The Morgan fingerprint density at radius 2 is 2.36 bits per heavy atom. The lowest BCUT2D eigenvalue weighted by atomic mass is 10.2. The highest BCUT2D eigenvalue weighted by atomic mass is 16.2. The predicted molar refractivity (Wildman–Crippen MR) is 43.2 cm³/mol. The van der Waals surface area contributed by atoms with Crippen LogP contribution < -0.4 is 10.7 Å². The van der Waals surface area contributed by atoms with Crippen molar-refractivity contribution in [1.29, 1.82) is 0 Å². The van der Waals surface area contributed by atoms with Crippen LogP contribution in [-0.4, -0.2) is 11.7 Å². The molecule has 0 aromatic heterocycles. The molecule has 0 aliphatic carbocycles. The number of urea groups is 1. The van der Waals surface area contributed by atoms with Gasteiger partial charge in [-0.3, -0.25) is 0 Å². The van der Waals surface area contributed by atoms with Crippen molar-refractivity contribution in [3.8, 4) is 0 Å². The van der Waals surface area contributed by atoms with Crippen LogP contribution in [0.5, 0.6) is 0 Å². The normalized spacial score (nSPS) is 20.7. The lowest BCUT2D eigenvalue weighted by Crippen LogP contribution is -2.39. The van der Waals surface area contributed by atoms with Crippen LogP contribution in [0, 0.1) is 0 Å². The average Bonchev–Trinajstić information content (AvgIpc) is 2.04. The molecule has 11 heavy (non-hydrogen) atoms. The molecule has 0 atom stereocenters. The number of carbonyl (C=O) groups excluding carboxylic acids is 1. The van der Waals surface area contributed by atoms with Crippen molar-refractivity contribution in [2.75, 3.05) is 0 Å². The maximum absolute atomic E-state index is 10.7. The third-order valence-electron chi connectivity index (χ3n) is 1.48. The van der Waals surface area contributed by atoms with E-state index in [4.69, 9.17) is 0 Å². The minimum Gasteiger partial charge on any atom is -0.305 e. The van der Waals surface area contributed by atoms with Gasteiger partial charge in [0.05, 0.1) is 11.4 Å². The van der Waals surface area contributed by atoms with Gasteiger partial charge in [-0.2, -0.15) is 5.10 Å². The molecule has 2 amide bonds. The summed E-state index contributed by atoms with van der Waals surface area (Å²) >= 11 is 0. The first-order valence-electron chi connectivity index (χ1n) is 3.58. The summed E-state index contributed by atoms with van der Waals surface area (Å²) in [5.41, 5.74) is 4.03. The van der Waals surface area contributed by atoms with Crippen molar-refractivity contribution in [3.63, 3.8) is 0 Å². The van der Waals surface area contributed by atoms with E-state index >= 15 is 0 Å². The van der Waals surface area contributed by atoms with Crippen molar-refractivity contribution in [2.45, 2.75) is 20.3 Å². The second-order valence-corrected chi connectivity index (χ2v) is 2.18. The van der Waals surface area contributed by atoms with Crippen molar-refractivity contribution >= 4 is 11.7 Å². The first-order valence-corrected chi connectivity index (χ1v) is 3.58. The number of nitrogens with zero attached hydrogens (tertiary/aromatic N) is 1. The summed E-state index contributed by atoms with van der Waals surface area (Å²) in [4.78, 5) is 10.7. The Morgan fingerprint density at radius 3 is 2.91 bits per heavy atom. The molecule has 0 radical (unpaired) electrons. The molecule has 0 spiro atoms. The van der Waals surface area contributed by atoms with Gasteiger partial charge in [0.2, 0.25) is 0 Å². The van der Waals surface area contributed by atoms with Crippen molar-refractivity contribution in [2.24, 2.45) is 5.10 Å². The van der Waals surface area contributed by atoms with Crippen LogP contribution >= 0.6 is 0 Å². The topological polar surface area (TPSA) is 53.5 Å². The molecule has 0 aromatic rings. The summed E-state index contributed by atoms with van der Waals surface area (Å²) in [6.45, 7) is 3.85. The number of hydrazone groups is 1. The Bertz CT molecular complexity index is 230. The van der Waals surface area contributed by atoms with Gasteiger partial charge >= 0.3 is 6.03 Å². The smallest absolute Gasteiger partial charge is 0.305 e. The second kappa shape index (κ2) is 3.18. The molecule has 0 fully saturated rings. The van der Waals surface area contributed by atoms with Gasteiger partial charge in [0.25, 0.3) is 0 Å². The Balaban J connectivity index is 2.84. The monoisotopic (exact) mass is 153 g/mol. The minimum absolute atomic E-state index is 0.268. The summed E-state index contributed by atoms with van der Waals surface area (Å²) in [7, 11) is 0. The Morgan fingerprint density at radius 1 is 1.64 bits per heavy atom. The zero-order valence-corrected chi connectivity index (χ0v) is 6.64. The largest absolute Gasteiger partial charge is 0.339 e. The predicted octanol–water partition coefficient (Wildman–Crippen LogP) is 0.969. The SMILES string of the molecule is CC=C1NC(=O)NN=C1CC. The molecule has 2 N–H and O–H groups in total. The molecule has 4 nitrogen and oxygen atoms in total. The number of hydrogen-bond acceptors (Lipinski definition) is 2. The highest BCUT2D eigenvalue weighted by Gasteiger charge is 2.12. The quantitative estimate of drug-likeness (QED) is 0.579. The summed E-state index contributed by atoms with van der Waals surface area (Å²) in [6, 6.07) is -0.268. The molecule has 0 saturated heterocycles. The lowest BCUT2D eigenvalue weighted by Gasteiger charge is -2.15. The van der Waals surface area contributed by atoms with Crippen LogP contribution in [-0.2, 0) is 0 Å². The summed E-state index contributed by atoms with van der Waals surface area (Å²) in [6.07, 6.45) is 2.65. The third kappa shape index (κ3) is 1.58. The van der Waals surface area contributed by atoms with E-state index in [9.17, 15) is 4.79 Å². The molecule has 1 rings (SSSR count). The molecule has 0 bridgehead atoms. The molecule has 1 aliphatic rings. The second-order valence-electron chi connectivity index (χ2n) is 2.18. The molecular weight excluding hydrogens is 142 g/mol. The van der Waals surface area contributed by atoms with Crippen molar-refractivity contribution in [3.05, 3.63) is 11.8 Å². The van der Waals surface area contributed by atoms with E-state index in [1.807, 2.05) is 19.9 Å². The standard InChI is InChI=1S/C7H11N3O/c1-3-5-6(4-2)9-10-7(11)8-5/h3H,4H2,1-2H3,(H2,8,10,11). The molecule has 0 unspecified atom stereocenters. The number of carbonyl (C=O) groups is 1. The molecule has 1 aliphatic heterocycles. The van der Waals surface area contributed by atoms with Crippen LogP contribution in [0.1, 0.15) is 20.3 Å². The Hall–Kier alpha value is -1.32. The molecule has 60 valence electrons. The summed E-state index contributed by atoms with van der Waals surface area (Å²) in [5, 5.41) is 6.51. The number of hydrogen-bond donors (Lipinski definition) is 2. The third-order valence-corrected chi connectivity index (χ3v) is 1.48. The highest BCUT2D eigenvalue weighted by molar-refractivity contribution is 6.04. The fraction of sp³-hybridized carbons (Fsp3) is 0.429. The van der Waals surface area contributed by atoms with Gasteiger partial charge in [-0.15, -0.1) is 0 Å². The van der Waals surface area contributed by atoms with Crippen molar-refractivity contribution < 1.29 is 4.79 Å². The number of allylic oxidation sites excluding steroid dienone is 2. The van der Waals surface area contributed by atoms with Gasteiger partial charge in [-0.1, -0.05) is 13.0 Å². The van der Waals surface area contributed by atoms with Gasteiger partial charge in [0, 0.05) is 0 Å². The van der Waals surface area contributed by atoms with Gasteiger partial charge in [0.15, 0.2) is 0 Å². The van der Waals surface area contributed by atoms with E-state index in [0.717, 1.165) is 17.8 Å². The number of nitrogens with one attached hydrogen (secondary N) is 2. The zero-order chi connectivity index (χ0) is 8.27. The van der Waals surface area contributed by atoms with Crippen LogP contribution in [0.25, 0.3) is 0 Å². The van der Waals surface area contributed by atoms with E-state index in [0.29, 0.717) is 0 Å². The van der Waals surface area contributed by atoms with Crippen molar-refractivity contribution in [1.82, 2.24) is 10.7 Å². The van der Waals surface area contributed by atoms with E-state index in [1.165, 1.54) is 0 Å². The lowest BCUT2D eigenvalue weighted by molar-refractivity contribution is 0.243. The average molecular weight is 153 g/mol. The van der Waals surface area contributed by atoms with Gasteiger partial charge < -0.3 is 5.32 Å². The molecule has 0 saturated carbocycles. The summed E-state index contributed by atoms with van der Waals surface area (Å²) < 4.78 is 0. The molecule has 0 aromatic carbocycles. The zero-order valence-electron chi connectivity index (χ0n) is 6.64.